The first kappa shape index (κ1) is 22.9. The third-order valence-electron chi connectivity index (χ3n) is 5.86. The second-order valence-corrected chi connectivity index (χ2v) is 11.0. The smallest absolute Gasteiger partial charge is 0.243 e. The van der Waals surface area contributed by atoms with Crippen LogP contribution in [0, 0.1) is 0 Å². The molecule has 3 rings (SSSR count). The minimum atomic E-state index is -3.48. The van der Waals surface area contributed by atoms with E-state index in [1.165, 1.54) is 12.5 Å². The number of carbonyl (C=O) groups is 2. The van der Waals surface area contributed by atoms with E-state index in [-0.39, 0.29) is 11.7 Å². The molecule has 2 aliphatic rings. The molecule has 1 amide bonds. The van der Waals surface area contributed by atoms with Crippen LogP contribution in [-0.2, 0) is 32.5 Å². The van der Waals surface area contributed by atoms with E-state index >= 15 is 0 Å². The second-order valence-electron chi connectivity index (χ2n) is 9.09. The molecule has 1 fully saturated rings. The third kappa shape index (κ3) is 5.68. The molecule has 0 spiro atoms. The number of ketones is 1. The molecule has 8 heteroatoms. The molecule has 0 saturated carbocycles. The average Bonchev–Trinajstić information content (AvgIpc) is 3.13. The van der Waals surface area contributed by atoms with E-state index in [2.05, 4.69) is 10.2 Å². The highest BCUT2D eigenvalue weighted by molar-refractivity contribution is 7.89. The Morgan fingerprint density at radius 3 is 2.40 bits per heavy atom. The van der Waals surface area contributed by atoms with Crippen molar-refractivity contribution in [3.63, 3.8) is 0 Å². The van der Waals surface area contributed by atoms with Crippen molar-refractivity contribution < 1.29 is 18.0 Å². The number of sulfonamides is 1. The summed E-state index contributed by atoms with van der Waals surface area (Å²) in [4.78, 5) is 26.0. The summed E-state index contributed by atoms with van der Waals surface area (Å²) in [7, 11) is -3.48. The van der Waals surface area contributed by atoms with E-state index in [4.69, 9.17) is 0 Å². The van der Waals surface area contributed by atoms with Gasteiger partial charge in [0.05, 0.1) is 4.90 Å². The highest BCUT2D eigenvalue weighted by Crippen LogP contribution is 2.26. The molecule has 1 aromatic rings. The van der Waals surface area contributed by atoms with Crippen LogP contribution in [0.25, 0.3) is 0 Å². The third-order valence-corrected chi connectivity index (χ3v) is 7.76. The second kappa shape index (κ2) is 9.16. The quantitative estimate of drug-likeness (QED) is 0.672. The van der Waals surface area contributed by atoms with Crippen molar-refractivity contribution in [1.82, 2.24) is 14.5 Å². The SMILES string of the molecule is CC(=O)CC(C)(C)NC(=O)CCN1CCN(S(=O)(=O)c2ccc3c(c2)CCC3)CC1. The number of aryl methyl sites for hydroxylation is 2. The zero-order valence-corrected chi connectivity index (χ0v) is 19.1. The van der Waals surface area contributed by atoms with Gasteiger partial charge in [-0.25, -0.2) is 8.42 Å². The number of amides is 1. The fourth-order valence-corrected chi connectivity index (χ4v) is 5.89. The Labute approximate surface area is 179 Å². The normalized spacial score (nSPS) is 18.2. The summed E-state index contributed by atoms with van der Waals surface area (Å²) in [5.74, 6) is -0.0459. The minimum Gasteiger partial charge on any atom is -0.351 e. The van der Waals surface area contributed by atoms with Crippen molar-refractivity contribution in [1.29, 1.82) is 0 Å². The van der Waals surface area contributed by atoms with Crippen LogP contribution in [-0.4, -0.2) is 67.6 Å². The first-order valence-electron chi connectivity index (χ1n) is 10.7. The van der Waals surface area contributed by atoms with Gasteiger partial charge in [0.2, 0.25) is 15.9 Å². The predicted octanol–water partition coefficient (Wildman–Crippen LogP) is 1.75. The van der Waals surface area contributed by atoms with Gasteiger partial charge in [0, 0.05) is 51.1 Å². The fourth-order valence-electron chi connectivity index (χ4n) is 4.42. The van der Waals surface area contributed by atoms with E-state index < -0.39 is 15.6 Å². The Balaban J connectivity index is 1.49. The minimum absolute atomic E-state index is 0.0426. The zero-order valence-electron chi connectivity index (χ0n) is 18.2. The van der Waals surface area contributed by atoms with Crippen molar-refractivity contribution in [3.05, 3.63) is 29.3 Å². The van der Waals surface area contributed by atoms with E-state index in [0.29, 0.717) is 50.5 Å². The molecule has 0 bridgehead atoms. The molecular weight excluding hydrogens is 402 g/mol. The lowest BCUT2D eigenvalue weighted by molar-refractivity contribution is -0.124. The van der Waals surface area contributed by atoms with Crippen molar-refractivity contribution in [3.8, 4) is 0 Å². The highest BCUT2D eigenvalue weighted by Gasteiger charge is 2.30. The van der Waals surface area contributed by atoms with Crippen molar-refractivity contribution in [2.75, 3.05) is 32.7 Å². The fraction of sp³-hybridized carbons (Fsp3) is 0.636. The van der Waals surface area contributed by atoms with Crippen LogP contribution in [0.1, 0.15) is 51.2 Å². The predicted molar refractivity (Wildman–Crippen MR) is 116 cm³/mol. The summed E-state index contributed by atoms with van der Waals surface area (Å²) in [5, 5.41) is 2.91. The van der Waals surface area contributed by atoms with Gasteiger partial charge in [0.15, 0.2) is 0 Å². The molecule has 1 aliphatic carbocycles. The van der Waals surface area contributed by atoms with Crippen LogP contribution in [0.2, 0.25) is 0 Å². The lowest BCUT2D eigenvalue weighted by Gasteiger charge is -2.34. The molecule has 1 heterocycles. The number of hydrogen-bond acceptors (Lipinski definition) is 5. The number of nitrogens with one attached hydrogen (secondary N) is 1. The number of fused-ring (bicyclic) bond motifs is 1. The molecule has 1 aromatic carbocycles. The summed E-state index contributed by atoms with van der Waals surface area (Å²) in [6.07, 6.45) is 3.72. The van der Waals surface area contributed by atoms with Gasteiger partial charge < -0.3 is 10.2 Å². The molecule has 0 unspecified atom stereocenters. The Morgan fingerprint density at radius 2 is 1.73 bits per heavy atom. The monoisotopic (exact) mass is 435 g/mol. The van der Waals surface area contributed by atoms with Gasteiger partial charge in [0.25, 0.3) is 0 Å². The van der Waals surface area contributed by atoms with Gasteiger partial charge in [0.1, 0.15) is 5.78 Å². The molecule has 30 heavy (non-hydrogen) atoms. The van der Waals surface area contributed by atoms with Gasteiger partial charge in [-0.2, -0.15) is 4.31 Å². The van der Waals surface area contributed by atoms with Crippen molar-refractivity contribution >= 4 is 21.7 Å². The van der Waals surface area contributed by atoms with Gasteiger partial charge in [-0.05, 0) is 63.3 Å². The van der Waals surface area contributed by atoms with Crippen molar-refractivity contribution in [2.24, 2.45) is 0 Å². The first-order chi connectivity index (χ1) is 14.1. The largest absolute Gasteiger partial charge is 0.351 e. The number of Topliss-reactive ketones (excluding diaryl/α,β-unsaturated/α-hetero) is 1. The summed E-state index contributed by atoms with van der Waals surface area (Å²) < 4.78 is 27.6. The lowest BCUT2D eigenvalue weighted by Crippen LogP contribution is -2.50. The number of benzene rings is 1. The Hall–Kier alpha value is -1.77. The molecule has 1 N–H and O–H groups in total. The summed E-state index contributed by atoms with van der Waals surface area (Å²) in [5.41, 5.74) is 1.88. The topological polar surface area (TPSA) is 86.8 Å². The number of piperazine rings is 1. The van der Waals surface area contributed by atoms with Crippen LogP contribution >= 0.6 is 0 Å². The Bertz CT molecular complexity index is 903. The van der Waals surface area contributed by atoms with Crippen LogP contribution in [0.3, 0.4) is 0 Å². The molecule has 166 valence electrons. The van der Waals surface area contributed by atoms with Gasteiger partial charge >= 0.3 is 0 Å². The maximum atomic E-state index is 13.0. The van der Waals surface area contributed by atoms with Crippen LogP contribution in [0.5, 0.6) is 0 Å². The van der Waals surface area contributed by atoms with E-state index in [1.807, 2.05) is 26.0 Å². The average molecular weight is 436 g/mol. The summed E-state index contributed by atoms with van der Waals surface area (Å²) in [6, 6.07) is 5.54. The number of nitrogens with zero attached hydrogens (tertiary/aromatic N) is 2. The molecule has 1 aliphatic heterocycles. The van der Waals surface area contributed by atoms with Gasteiger partial charge in [-0.1, -0.05) is 6.07 Å². The van der Waals surface area contributed by atoms with E-state index in [9.17, 15) is 18.0 Å². The number of hydrogen-bond donors (Lipinski definition) is 1. The molecule has 7 nitrogen and oxygen atoms in total. The molecule has 1 saturated heterocycles. The summed E-state index contributed by atoms with van der Waals surface area (Å²) in [6.45, 7) is 7.85. The van der Waals surface area contributed by atoms with Crippen LogP contribution in [0.4, 0.5) is 0 Å². The Morgan fingerprint density at radius 1 is 1.07 bits per heavy atom. The lowest BCUT2D eigenvalue weighted by atomic mass is 9.98. The molecule has 0 radical (unpaired) electrons. The maximum Gasteiger partial charge on any atom is 0.243 e. The van der Waals surface area contributed by atoms with Gasteiger partial charge in [-0.3, -0.25) is 9.59 Å². The van der Waals surface area contributed by atoms with Crippen LogP contribution < -0.4 is 5.32 Å². The van der Waals surface area contributed by atoms with Gasteiger partial charge in [-0.15, -0.1) is 0 Å². The molecule has 0 atom stereocenters. The number of rotatable bonds is 8. The van der Waals surface area contributed by atoms with Crippen LogP contribution in [0.15, 0.2) is 23.1 Å². The number of carbonyl (C=O) groups excluding carboxylic acids is 2. The van der Waals surface area contributed by atoms with E-state index in [0.717, 1.165) is 24.8 Å². The molecule has 0 aromatic heterocycles. The maximum absolute atomic E-state index is 13.0. The highest BCUT2D eigenvalue weighted by atomic mass is 32.2. The zero-order chi connectivity index (χ0) is 21.9. The Kier molecular flexibility index (Phi) is 6.99. The summed E-state index contributed by atoms with van der Waals surface area (Å²) >= 11 is 0. The molecular formula is C22H33N3O4S. The first-order valence-corrected chi connectivity index (χ1v) is 12.2. The van der Waals surface area contributed by atoms with E-state index in [1.54, 1.807) is 10.4 Å². The van der Waals surface area contributed by atoms with Crippen molar-refractivity contribution in [2.45, 2.75) is 63.3 Å². The standard InChI is InChI=1S/C22H33N3O4S/c1-17(26)16-22(2,3)23-21(27)9-10-24-11-13-25(14-12-24)30(28,29)20-8-7-18-5-4-6-19(18)15-20/h7-8,15H,4-6,9-14,16H2,1-3H3,(H,23,27).